The summed E-state index contributed by atoms with van der Waals surface area (Å²) in [6.07, 6.45) is 1.17. The van der Waals surface area contributed by atoms with E-state index < -0.39 is 0 Å². The number of nitrogens with one attached hydrogen (secondary N) is 1. The molecule has 1 N–H and O–H groups in total. The second-order valence-electron chi connectivity index (χ2n) is 4.23. The number of likely N-dealkylation sites (N-methyl/N-ethyl adjacent to an activating group) is 2. The Morgan fingerprint density at radius 1 is 1.38 bits per heavy atom. The fraction of sp³-hybridized carbons (Fsp3) is 0.917. The van der Waals surface area contributed by atoms with Crippen LogP contribution in [-0.4, -0.2) is 50.7 Å². The summed E-state index contributed by atoms with van der Waals surface area (Å²) in [5.74, 6) is 0.472. The van der Waals surface area contributed by atoms with Gasteiger partial charge < -0.3 is 15.0 Å². The number of carbonyl (C=O) groups excluding carboxylic acids is 1. The van der Waals surface area contributed by atoms with Crippen LogP contribution < -0.4 is 5.32 Å². The predicted octanol–water partition coefficient (Wildman–Crippen LogP) is 1.12. The van der Waals surface area contributed by atoms with Crippen LogP contribution in [0, 0.1) is 5.92 Å². The van der Waals surface area contributed by atoms with Gasteiger partial charge in [0.15, 0.2) is 0 Å². The van der Waals surface area contributed by atoms with Crippen LogP contribution in [-0.2, 0) is 9.53 Å². The summed E-state index contributed by atoms with van der Waals surface area (Å²) in [6.45, 7) is 9.24. The van der Waals surface area contributed by atoms with E-state index in [1.165, 1.54) is 13.5 Å². The van der Waals surface area contributed by atoms with Gasteiger partial charge in [0, 0.05) is 13.1 Å². The van der Waals surface area contributed by atoms with Crippen molar-refractivity contribution in [2.45, 2.75) is 33.2 Å². The highest BCUT2D eigenvalue weighted by Crippen LogP contribution is 2.05. The van der Waals surface area contributed by atoms with Crippen molar-refractivity contribution in [1.29, 1.82) is 0 Å². The van der Waals surface area contributed by atoms with E-state index in [9.17, 15) is 4.79 Å². The first-order valence-electron chi connectivity index (χ1n) is 6.06. The minimum absolute atomic E-state index is 0.190. The molecule has 4 nitrogen and oxygen atoms in total. The number of hydrogen-bond donors (Lipinski definition) is 1. The lowest BCUT2D eigenvalue weighted by Crippen LogP contribution is -2.46. The topological polar surface area (TPSA) is 41.6 Å². The molecule has 0 aromatic heterocycles. The van der Waals surface area contributed by atoms with Gasteiger partial charge in [-0.1, -0.05) is 27.2 Å². The summed E-state index contributed by atoms with van der Waals surface area (Å²) < 4.78 is 4.75. The van der Waals surface area contributed by atoms with Crippen LogP contribution in [0.4, 0.5) is 0 Å². The zero-order valence-electron chi connectivity index (χ0n) is 11.2. The van der Waals surface area contributed by atoms with Crippen molar-refractivity contribution in [3.63, 3.8) is 0 Å². The molecule has 0 aromatic rings. The summed E-state index contributed by atoms with van der Waals surface area (Å²) in [4.78, 5) is 13.7. The molecule has 0 rings (SSSR count). The molecule has 0 heterocycles. The molecule has 0 radical (unpaired) electrons. The van der Waals surface area contributed by atoms with E-state index in [-0.39, 0.29) is 12.0 Å². The van der Waals surface area contributed by atoms with E-state index in [1.54, 1.807) is 7.05 Å². The molecular formula is C12H26N2O2. The van der Waals surface area contributed by atoms with Crippen molar-refractivity contribution in [2.75, 3.05) is 33.8 Å². The molecule has 0 saturated carbocycles. The number of carbonyl (C=O) groups is 1. The summed E-state index contributed by atoms with van der Waals surface area (Å²) >= 11 is 0. The van der Waals surface area contributed by atoms with E-state index in [0.29, 0.717) is 12.5 Å². The number of methoxy groups -OCH3 is 1. The zero-order chi connectivity index (χ0) is 12.6. The summed E-state index contributed by atoms with van der Waals surface area (Å²) in [7, 11) is 3.22. The Bertz CT molecular complexity index is 197. The molecule has 2 unspecified atom stereocenters. The lowest BCUT2D eigenvalue weighted by atomic mass is 10.1. The molecule has 0 amide bonds. The van der Waals surface area contributed by atoms with Crippen molar-refractivity contribution in [3.8, 4) is 0 Å². The number of hydrogen-bond acceptors (Lipinski definition) is 4. The maximum Gasteiger partial charge on any atom is 0.324 e. The molecule has 0 aliphatic carbocycles. The van der Waals surface area contributed by atoms with Crippen LogP contribution in [0.2, 0.25) is 0 Å². The zero-order valence-corrected chi connectivity index (χ0v) is 11.2. The van der Waals surface area contributed by atoms with Gasteiger partial charge in [-0.3, -0.25) is 4.79 Å². The van der Waals surface area contributed by atoms with Gasteiger partial charge >= 0.3 is 5.97 Å². The fourth-order valence-electron chi connectivity index (χ4n) is 1.59. The Kier molecular flexibility index (Phi) is 8.21. The number of esters is 1. The van der Waals surface area contributed by atoms with Gasteiger partial charge in [-0.25, -0.2) is 0 Å². The summed E-state index contributed by atoms with van der Waals surface area (Å²) in [6, 6.07) is -0.228. The lowest BCUT2D eigenvalue weighted by Gasteiger charge is -2.27. The SMILES string of the molecule is CCC(C)CN(CC)CC(NC)C(=O)OC. The average molecular weight is 230 g/mol. The van der Waals surface area contributed by atoms with Crippen LogP contribution >= 0.6 is 0 Å². The van der Waals surface area contributed by atoms with Crippen LogP contribution in [0.25, 0.3) is 0 Å². The smallest absolute Gasteiger partial charge is 0.324 e. The van der Waals surface area contributed by atoms with E-state index in [1.807, 2.05) is 0 Å². The Balaban J connectivity index is 4.21. The maximum atomic E-state index is 11.4. The largest absolute Gasteiger partial charge is 0.468 e. The molecule has 0 aliphatic rings. The summed E-state index contributed by atoms with van der Waals surface area (Å²) in [5.41, 5.74) is 0. The molecular weight excluding hydrogens is 204 g/mol. The van der Waals surface area contributed by atoms with E-state index in [0.717, 1.165) is 13.1 Å². The lowest BCUT2D eigenvalue weighted by molar-refractivity contribution is -0.143. The molecule has 0 bridgehead atoms. The fourth-order valence-corrected chi connectivity index (χ4v) is 1.59. The van der Waals surface area contributed by atoms with Crippen LogP contribution in [0.5, 0.6) is 0 Å². The van der Waals surface area contributed by atoms with E-state index in [2.05, 4.69) is 31.0 Å². The average Bonchev–Trinajstić information content (AvgIpc) is 2.32. The standard InChI is InChI=1S/C12H26N2O2/c1-6-10(3)8-14(7-2)9-11(13-4)12(15)16-5/h10-11,13H,6-9H2,1-5H3. The third-order valence-electron chi connectivity index (χ3n) is 2.99. The normalized spacial score (nSPS) is 14.9. The second kappa shape index (κ2) is 8.53. The number of nitrogens with zero attached hydrogens (tertiary/aromatic N) is 1. The first-order chi connectivity index (χ1) is 7.58. The predicted molar refractivity (Wildman–Crippen MR) is 66.4 cm³/mol. The van der Waals surface area contributed by atoms with E-state index in [4.69, 9.17) is 4.74 Å². The Hall–Kier alpha value is -0.610. The van der Waals surface area contributed by atoms with Crippen molar-refractivity contribution in [2.24, 2.45) is 5.92 Å². The van der Waals surface area contributed by atoms with Crippen molar-refractivity contribution < 1.29 is 9.53 Å². The minimum atomic E-state index is -0.228. The van der Waals surface area contributed by atoms with Crippen LogP contribution in [0.15, 0.2) is 0 Å². The molecule has 0 fully saturated rings. The molecule has 16 heavy (non-hydrogen) atoms. The first-order valence-corrected chi connectivity index (χ1v) is 6.06. The van der Waals surface area contributed by atoms with Crippen molar-refractivity contribution >= 4 is 5.97 Å². The maximum absolute atomic E-state index is 11.4. The highest BCUT2D eigenvalue weighted by atomic mass is 16.5. The Morgan fingerprint density at radius 3 is 2.38 bits per heavy atom. The van der Waals surface area contributed by atoms with Gasteiger partial charge in [-0.2, -0.15) is 0 Å². The highest BCUT2D eigenvalue weighted by Gasteiger charge is 2.20. The summed E-state index contributed by atoms with van der Waals surface area (Å²) in [5, 5.41) is 2.99. The van der Waals surface area contributed by atoms with Crippen LogP contribution in [0.1, 0.15) is 27.2 Å². The van der Waals surface area contributed by atoms with Gasteiger partial charge in [0.05, 0.1) is 7.11 Å². The molecule has 2 atom stereocenters. The molecule has 96 valence electrons. The molecule has 0 saturated heterocycles. The monoisotopic (exact) mass is 230 g/mol. The van der Waals surface area contributed by atoms with Crippen LogP contribution in [0.3, 0.4) is 0 Å². The molecule has 0 aromatic carbocycles. The number of ether oxygens (including phenoxy) is 1. The first kappa shape index (κ1) is 15.4. The minimum Gasteiger partial charge on any atom is -0.468 e. The van der Waals surface area contributed by atoms with E-state index >= 15 is 0 Å². The van der Waals surface area contributed by atoms with Gasteiger partial charge in [0.2, 0.25) is 0 Å². The van der Waals surface area contributed by atoms with Gasteiger partial charge in [0.25, 0.3) is 0 Å². The number of rotatable bonds is 8. The van der Waals surface area contributed by atoms with Gasteiger partial charge in [0.1, 0.15) is 6.04 Å². The van der Waals surface area contributed by atoms with Gasteiger partial charge in [-0.05, 0) is 19.5 Å². The van der Waals surface area contributed by atoms with Crippen molar-refractivity contribution in [3.05, 3.63) is 0 Å². The quantitative estimate of drug-likeness (QED) is 0.634. The molecule has 0 aliphatic heterocycles. The third-order valence-corrected chi connectivity index (χ3v) is 2.99. The second-order valence-corrected chi connectivity index (χ2v) is 4.23. The highest BCUT2D eigenvalue weighted by molar-refractivity contribution is 5.75. The molecule has 4 heteroatoms. The Morgan fingerprint density at radius 2 is 2.00 bits per heavy atom. The van der Waals surface area contributed by atoms with Crippen molar-refractivity contribution in [1.82, 2.24) is 10.2 Å². The third kappa shape index (κ3) is 5.47. The Labute approximate surface area is 99.3 Å². The molecule has 0 spiro atoms. The van der Waals surface area contributed by atoms with Gasteiger partial charge in [-0.15, -0.1) is 0 Å².